The van der Waals surface area contributed by atoms with Crippen molar-refractivity contribution in [2.45, 2.75) is 11.7 Å². The van der Waals surface area contributed by atoms with Gasteiger partial charge in [-0.2, -0.15) is 0 Å². The number of hydrogen-bond donors (Lipinski definition) is 1. The van der Waals surface area contributed by atoms with Crippen molar-refractivity contribution in [3.8, 4) is 5.75 Å². The van der Waals surface area contributed by atoms with Gasteiger partial charge in [0, 0.05) is 19.2 Å². The third-order valence-corrected chi connectivity index (χ3v) is 5.12. The molecule has 1 saturated heterocycles. The summed E-state index contributed by atoms with van der Waals surface area (Å²) in [4.78, 5) is 30.5. The van der Waals surface area contributed by atoms with Crippen molar-refractivity contribution < 1.29 is 18.7 Å². The third kappa shape index (κ3) is 4.11. The number of carbonyl (C=O) groups is 2. The molecule has 2 aromatic carbocycles. The summed E-state index contributed by atoms with van der Waals surface area (Å²) in [6.07, 6.45) is 0.0470. The quantitative estimate of drug-likeness (QED) is 0.495. The van der Waals surface area contributed by atoms with E-state index in [0.717, 1.165) is 16.7 Å². The molecule has 2 aromatic rings. The summed E-state index contributed by atoms with van der Waals surface area (Å²) in [5, 5.41) is 2.78. The summed E-state index contributed by atoms with van der Waals surface area (Å²) in [6, 6.07) is 12.8. The van der Waals surface area contributed by atoms with E-state index in [1.54, 1.807) is 43.4 Å². The highest BCUT2D eigenvalue weighted by Gasteiger charge is 2.41. The number of hydrogen-bond acceptors (Lipinski definition) is 5. The number of thioether (sulfide) groups is 1. The molecule has 0 aromatic heterocycles. The molecular formula is C19H18FN3O3S. The minimum Gasteiger partial charge on any atom is -0.495 e. The standard InChI is InChI=1S/C19H18FN3O3S/c1-21-19(22-13-7-5-6-12(20)10-13)27-16-11-17(24)23(18(16)25)14-8-3-4-9-15(14)26-2/h3-10,16H,11H2,1-2H3,(H,21,22)/t16-/m1/s1. The van der Waals surface area contributed by atoms with E-state index in [1.165, 1.54) is 19.2 Å². The van der Waals surface area contributed by atoms with Crippen LogP contribution in [-0.2, 0) is 9.59 Å². The van der Waals surface area contributed by atoms with Gasteiger partial charge in [-0.15, -0.1) is 0 Å². The van der Waals surface area contributed by atoms with Crippen LogP contribution in [0.1, 0.15) is 6.42 Å². The zero-order valence-electron chi connectivity index (χ0n) is 14.8. The van der Waals surface area contributed by atoms with E-state index in [9.17, 15) is 14.0 Å². The average Bonchev–Trinajstić information content (AvgIpc) is 2.94. The Morgan fingerprint density at radius 1 is 1.26 bits per heavy atom. The van der Waals surface area contributed by atoms with Gasteiger partial charge in [0.25, 0.3) is 0 Å². The van der Waals surface area contributed by atoms with E-state index in [0.29, 0.717) is 22.3 Å². The van der Waals surface area contributed by atoms with Gasteiger partial charge in [0.15, 0.2) is 5.17 Å². The van der Waals surface area contributed by atoms with E-state index in [2.05, 4.69) is 10.3 Å². The number of ether oxygens (including phenoxy) is 1. The molecule has 1 aliphatic heterocycles. The van der Waals surface area contributed by atoms with Crippen LogP contribution in [0.3, 0.4) is 0 Å². The molecule has 140 valence electrons. The third-order valence-electron chi connectivity index (χ3n) is 3.96. The highest BCUT2D eigenvalue weighted by molar-refractivity contribution is 8.15. The first-order valence-electron chi connectivity index (χ1n) is 8.19. The maximum Gasteiger partial charge on any atom is 0.248 e. The molecule has 3 rings (SSSR count). The van der Waals surface area contributed by atoms with Crippen molar-refractivity contribution in [1.82, 2.24) is 0 Å². The number of carbonyl (C=O) groups excluding carboxylic acids is 2. The molecule has 0 saturated carbocycles. The fourth-order valence-corrected chi connectivity index (χ4v) is 3.71. The lowest BCUT2D eigenvalue weighted by atomic mass is 10.2. The molecule has 1 atom stereocenters. The molecule has 0 unspecified atom stereocenters. The summed E-state index contributed by atoms with van der Waals surface area (Å²) in [5.74, 6) is -0.568. The van der Waals surface area contributed by atoms with Crippen molar-refractivity contribution in [3.05, 3.63) is 54.3 Å². The van der Waals surface area contributed by atoms with Gasteiger partial charge in [0.05, 0.1) is 12.8 Å². The Morgan fingerprint density at radius 2 is 2.04 bits per heavy atom. The Hall–Kier alpha value is -2.87. The van der Waals surface area contributed by atoms with Crippen LogP contribution in [0.5, 0.6) is 5.75 Å². The summed E-state index contributed by atoms with van der Waals surface area (Å²) >= 11 is 1.14. The molecule has 1 fully saturated rings. The van der Waals surface area contributed by atoms with Gasteiger partial charge in [-0.3, -0.25) is 14.6 Å². The van der Waals surface area contributed by atoms with E-state index in [1.807, 2.05) is 0 Å². The number of methoxy groups -OCH3 is 1. The van der Waals surface area contributed by atoms with Crippen molar-refractivity contribution in [2.75, 3.05) is 24.4 Å². The molecule has 1 heterocycles. The molecule has 0 bridgehead atoms. The number of amidine groups is 1. The number of rotatable bonds is 4. The number of aliphatic imine (C=N–C) groups is 1. The van der Waals surface area contributed by atoms with E-state index >= 15 is 0 Å². The Labute approximate surface area is 160 Å². The SMILES string of the molecule is CN=C(Nc1cccc(F)c1)S[C@@H]1CC(=O)N(c2ccccc2OC)C1=O. The molecule has 6 nitrogen and oxygen atoms in total. The highest BCUT2D eigenvalue weighted by Crippen LogP contribution is 2.35. The van der Waals surface area contributed by atoms with Crippen LogP contribution in [0, 0.1) is 5.82 Å². The molecule has 2 amide bonds. The first-order valence-corrected chi connectivity index (χ1v) is 9.07. The zero-order chi connectivity index (χ0) is 19.4. The highest BCUT2D eigenvalue weighted by atomic mass is 32.2. The predicted octanol–water partition coefficient (Wildman–Crippen LogP) is 3.30. The van der Waals surface area contributed by atoms with Crippen molar-refractivity contribution >= 4 is 40.1 Å². The van der Waals surface area contributed by atoms with Gasteiger partial charge in [-0.05, 0) is 30.3 Å². The lowest BCUT2D eigenvalue weighted by molar-refractivity contribution is -0.121. The van der Waals surface area contributed by atoms with Gasteiger partial charge < -0.3 is 10.1 Å². The number of nitrogens with zero attached hydrogens (tertiary/aromatic N) is 2. The van der Waals surface area contributed by atoms with Gasteiger partial charge >= 0.3 is 0 Å². The van der Waals surface area contributed by atoms with Crippen molar-refractivity contribution in [2.24, 2.45) is 4.99 Å². The first kappa shape index (κ1) is 18.9. The average molecular weight is 387 g/mol. The van der Waals surface area contributed by atoms with Crippen molar-refractivity contribution in [3.63, 3.8) is 0 Å². The number of para-hydroxylation sites is 2. The molecular weight excluding hydrogens is 369 g/mol. The number of benzene rings is 2. The lowest BCUT2D eigenvalue weighted by Gasteiger charge is -2.18. The minimum absolute atomic E-state index is 0.0470. The maximum atomic E-state index is 13.3. The van der Waals surface area contributed by atoms with Crippen LogP contribution in [-0.4, -0.2) is 36.4 Å². The number of halogens is 1. The van der Waals surface area contributed by atoms with Crippen LogP contribution in [0.4, 0.5) is 15.8 Å². The molecule has 27 heavy (non-hydrogen) atoms. The zero-order valence-corrected chi connectivity index (χ0v) is 15.6. The molecule has 0 aliphatic carbocycles. The first-order chi connectivity index (χ1) is 13.0. The number of anilines is 2. The van der Waals surface area contributed by atoms with Gasteiger partial charge in [-0.25, -0.2) is 9.29 Å². The fourth-order valence-electron chi connectivity index (χ4n) is 2.73. The maximum absolute atomic E-state index is 13.3. The molecule has 0 spiro atoms. The lowest BCUT2D eigenvalue weighted by Crippen LogP contribution is -2.32. The molecule has 8 heteroatoms. The van der Waals surface area contributed by atoms with Gasteiger partial charge in [-0.1, -0.05) is 30.0 Å². The minimum atomic E-state index is -0.623. The monoisotopic (exact) mass is 387 g/mol. The van der Waals surface area contributed by atoms with Crippen LogP contribution < -0.4 is 15.0 Å². The molecule has 1 N–H and O–H groups in total. The fraction of sp³-hybridized carbons (Fsp3) is 0.211. The topological polar surface area (TPSA) is 71.0 Å². The van der Waals surface area contributed by atoms with E-state index < -0.39 is 5.25 Å². The van der Waals surface area contributed by atoms with Crippen LogP contribution in [0.2, 0.25) is 0 Å². The van der Waals surface area contributed by atoms with Crippen LogP contribution >= 0.6 is 11.8 Å². The number of amides is 2. The Bertz CT molecular complexity index is 903. The normalized spacial score (nSPS) is 17.4. The van der Waals surface area contributed by atoms with E-state index in [-0.39, 0.29) is 24.1 Å². The Morgan fingerprint density at radius 3 is 2.74 bits per heavy atom. The second kappa shape index (κ2) is 8.22. The molecule has 1 aliphatic rings. The predicted molar refractivity (Wildman–Crippen MR) is 105 cm³/mol. The Kier molecular flexibility index (Phi) is 5.75. The van der Waals surface area contributed by atoms with Gasteiger partial charge in [0.1, 0.15) is 16.8 Å². The summed E-state index contributed by atoms with van der Waals surface area (Å²) in [6.45, 7) is 0. The number of imide groups is 1. The second-order valence-corrected chi connectivity index (χ2v) is 6.91. The summed E-state index contributed by atoms with van der Waals surface area (Å²) in [7, 11) is 3.05. The second-order valence-electron chi connectivity index (χ2n) is 5.71. The summed E-state index contributed by atoms with van der Waals surface area (Å²) in [5.41, 5.74) is 0.938. The van der Waals surface area contributed by atoms with Crippen LogP contribution in [0.15, 0.2) is 53.5 Å². The van der Waals surface area contributed by atoms with E-state index in [4.69, 9.17) is 4.74 Å². The largest absolute Gasteiger partial charge is 0.495 e. The van der Waals surface area contributed by atoms with Crippen LogP contribution in [0.25, 0.3) is 0 Å². The Balaban J connectivity index is 1.76. The molecule has 0 radical (unpaired) electrons. The smallest absolute Gasteiger partial charge is 0.248 e. The summed E-state index contributed by atoms with van der Waals surface area (Å²) < 4.78 is 18.6. The number of nitrogens with one attached hydrogen (secondary N) is 1. The van der Waals surface area contributed by atoms with Gasteiger partial charge in [0.2, 0.25) is 11.8 Å². The van der Waals surface area contributed by atoms with Crippen molar-refractivity contribution in [1.29, 1.82) is 0 Å².